The molecule has 2 aromatic heterocycles. The molecule has 3 heterocycles. The Morgan fingerprint density at radius 3 is 2.70 bits per heavy atom. The number of aromatic nitrogens is 4. The summed E-state index contributed by atoms with van der Waals surface area (Å²) < 4.78 is 1.74. The maximum absolute atomic E-state index is 6.34. The summed E-state index contributed by atoms with van der Waals surface area (Å²) >= 11 is 6.34. The molecule has 158 valence electrons. The predicted octanol–water partition coefficient (Wildman–Crippen LogP) is 1.83. The number of aryl methyl sites for hydroxylation is 1. The lowest BCUT2D eigenvalue weighted by Gasteiger charge is -2.38. The van der Waals surface area contributed by atoms with Gasteiger partial charge < -0.3 is 20.4 Å². The van der Waals surface area contributed by atoms with E-state index in [2.05, 4.69) is 46.6 Å². The summed E-state index contributed by atoms with van der Waals surface area (Å²) in [6.07, 6.45) is 3.33. The van der Waals surface area contributed by atoms with Crippen molar-refractivity contribution < 1.29 is 0 Å². The number of rotatable bonds is 5. The third-order valence-corrected chi connectivity index (χ3v) is 5.53. The average Bonchev–Trinajstić information content (AvgIpc) is 3.16. The Kier molecular flexibility index (Phi) is 6.18. The Morgan fingerprint density at radius 1 is 1.13 bits per heavy atom. The maximum Gasteiger partial charge on any atom is 0.193 e. The lowest BCUT2D eigenvalue weighted by molar-refractivity contribution is 0.373. The van der Waals surface area contributed by atoms with Crippen LogP contribution < -0.4 is 15.5 Å². The number of aliphatic imine (C=N–C) groups is 1. The zero-order valence-electron chi connectivity index (χ0n) is 17.2. The molecule has 1 fully saturated rings. The fourth-order valence-corrected chi connectivity index (χ4v) is 3.91. The summed E-state index contributed by atoms with van der Waals surface area (Å²) in [5.41, 5.74) is 1.91. The molecule has 1 aliphatic heterocycles. The SMILES string of the molecule is CN=C(NCCNc1ncnc2c1cnn2C)N1CCN(c2ccccc2Cl)CC1. The predicted molar refractivity (Wildman–Crippen MR) is 121 cm³/mol. The number of benzene rings is 1. The van der Waals surface area contributed by atoms with Gasteiger partial charge in [-0.25, -0.2) is 9.97 Å². The number of nitrogens with one attached hydrogen (secondary N) is 2. The Bertz CT molecular complexity index is 1020. The highest BCUT2D eigenvalue weighted by Crippen LogP contribution is 2.26. The Morgan fingerprint density at radius 2 is 1.93 bits per heavy atom. The van der Waals surface area contributed by atoms with Crippen LogP contribution in [0.2, 0.25) is 5.02 Å². The monoisotopic (exact) mass is 427 g/mol. The molecule has 3 aromatic rings. The molecule has 30 heavy (non-hydrogen) atoms. The van der Waals surface area contributed by atoms with Crippen molar-refractivity contribution in [2.45, 2.75) is 0 Å². The summed E-state index contributed by atoms with van der Waals surface area (Å²) in [5, 5.41) is 12.7. The number of hydrogen-bond acceptors (Lipinski definition) is 6. The molecular formula is C20H26ClN9. The second kappa shape index (κ2) is 9.17. The van der Waals surface area contributed by atoms with Crippen LogP contribution in [0.25, 0.3) is 11.0 Å². The smallest absolute Gasteiger partial charge is 0.193 e. The van der Waals surface area contributed by atoms with Crippen molar-refractivity contribution in [3.63, 3.8) is 0 Å². The van der Waals surface area contributed by atoms with Gasteiger partial charge >= 0.3 is 0 Å². The molecule has 4 rings (SSSR count). The van der Waals surface area contributed by atoms with Crippen LogP contribution >= 0.6 is 11.6 Å². The molecule has 9 nitrogen and oxygen atoms in total. The summed E-state index contributed by atoms with van der Waals surface area (Å²) in [7, 11) is 3.69. The summed E-state index contributed by atoms with van der Waals surface area (Å²) in [6.45, 7) is 5.02. The molecule has 0 unspecified atom stereocenters. The highest BCUT2D eigenvalue weighted by molar-refractivity contribution is 6.33. The number of anilines is 2. The zero-order valence-corrected chi connectivity index (χ0v) is 18.0. The molecule has 1 aromatic carbocycles. The fraction of sp³-hybridized carbons (Fsp3) is 0.400. The van der Waals surface area contributed by atoms with E-state index < -0.39 is 0 Å². The first-order valence-electron chi connectivity index (χ1n) is 9.99. The topological polar surface area (TPSA) is 86.5 Å². The third kappa shape index (κ3) is 4.25. The van der Waals surface area contributed by atoms with E-state index in [1.165, 1.54) is 0 Å². The highest BCUT2D eigenvalue weighted by Gasteiger charge is 2.20. The van der Waals surface area contributed by atoms with Crippen molar-refractivity contribution in [2.75, 3.05) is 56.5 Å². The quantitative estimate of drug-likeness (QED) is 0.365. The van der Waals surface area contributed by atoms with Crippen LogP contribution in [-0.2, 0) is 7.05 Å². The molecule has 0 saturated carbocycles. The normalized spacial score (nSPS) is 15.0. The first-order chi connectivity index (χ1) is 14.7. The van der Waals surface area contributed by atoms with Gasteiger partial charge in [-0.05, 0) is 12.1 Å². The number of fused-ring (bicyclic) bond motifs is 1. The Hall–Kier alpha value is -3.07. The van der Waals surface area contributed by atoms with Crippen LogP contribution in [-0.4, -0.2) is 76.9 Å². The number of guanidine groups is 1. The molecule has 1 aliphatic rings. The van der Waals surface area contributed by atoms with Gasteiger partial charge in [0.05, 0.1) is 22.3 Å². The number of halogens is 1. The molecule has 0 amide bonds. The van der Waals surface area contributed by atoms with Crippen LogP contribution in [0.15, 0.2) is 41.8 Å². The molecule has 0 atom stereocenters. The minimum Gasteiger partial charge on any atom is -0.368 e. The molecule has 2 N–H and O–H groups in total. The van der Waals surface area contributed by atoms with Crippen LogP contribution in [0.3, 0.4) is 0 Å². The Labute approximate surface area is 180 Å². The molecule has 0 aliphatic carbocycles. The highest BCUT2D eigenvalue weighted by atomic mass is 35.5. The van der Waals surface area contributed by atoms with E-state index in [9.17, 15) is 0 Å². The van der Waals surface area contributed by atoms with Crippen LogP contribution in [0, 0.1) is 0 Å². The van der Waals surface area contributed by atoms with Crippen molar-refractivity contribution in [3.05, 3.63) is 41.8 Å². The number of nitrogens with zero attached hydrogens (tertiary/aromatic N) is 7. The molecular weight excluding hydrogens is 402 g/mol. The second-order valence-electron chi connectivity index (χ2n) is 7.05. The summed E-state index contributed by atoms with van der Waals surface area (Å²) in [5.74, 6) is 1.70. The number of para-hydroxylation sites is 1. The van der Waals surface area contributed by atoms with Gasteiger partial charge in [0.1, 0.15) is 12.1 Å². The van der Waals surface area contributed by atoms with Crippen LogP contribution in [0.1, 0.15) is 0 Å². The van der Waals surface area contributed by atoms with Crippen molar-refractivity contribution in [1.29, 1.82) is 0 Å². The van der Waals surface area contributed by atoms with Gasteiger partial charge in [0.15, 0.2) is 11.6 Å². The largest absolute Gasteiger partial charge is 0.368 e. The van der Waals surface area contributed by atoms with Gasteiger partial charge in [-0.1, -0.05) is 23.7 Å². The number of hydrogen-bond donors (Lipinski definition) is 2. The number of piperazine rings is 1. The molecule has 0 bridgehead atoms. The van der Waals surface area contributed by atoms with Crippen molar-refractivity contribution in [2.24, 2.45) is 12.0 Å². The molecule has 1 saturated heterocycles. The van der Waals surface area contributed by atoms with E-state index in [1.54, 1.807) is 17.2 Å². The summed E-state index contributed by atoms with van der Waals surface area (Å²) in [6, 6.07) is 8.00. The fourth-order valence-electron chi connectivity index (χ4n) is 3.66. The minimum atomic E-state index is 0.708. The molecule has 0 spiro atoms. The van der Waals surface area contributed by atoms with Crippen LogP contribution in [0.4, 0.5) is 11.5 Å². The van der Waals surface area contributed by atoms with E-state index in [0.717, 1.165) is 66.2 Å². The van der Waals surface area contributed by atoms with E-state index in [4.69, 9.17) is 11.6 Å². The first-order valence-corrected chi connectivity index (χ1v) is 10.4. The maximum atomic E-state index is 6.34. The van der Waals surface area contributed by atoms with Gasteiger partial charge in [-0.2, -0.15) is 5.10 Å². The lowest BCUT2D eigenvalue weighted by atomic mass is 10.2. The molecule has 0 radical (unpaired) electrons. The summed E-state index contributed by atoms with van der Waals surface area (Å²) in [4.78, 5) is 17.6. The van der Waals surface area contributed by atoms with E-state index in [1.807, 2.05) is 32.3 Å². The van der Waals surface area contributed by atoms with Gasteiger partial charge in [-0.15, -0.1) is 0 Å². The van der Waals surface area contributed by atoms with Crippen LogP contribution in [0.5, 0.6) is 0 Å². The van der Waals surface area contributed by atoms with Gasteiger partial charge in [0.2, 0.25) is 0 Å². The van der Waals surface area contributed by atoms with Crippen molar-refractivity contribution in [1.82, 2.24) is 30.0 Å². The average molecular weight is 428 g/mol. The Balaban J connectivity index is 1.27. The van der Waals surface area contributed by atoms with E-state index >= 15 is 0 Å². The first kappa shape index (κ1) is 20.2. The second-order valence-corrected chi connectivity index (χ2v) is 7.46. The van der Waals surface area contributed by atoms with Gasteiger partial charge in [0.25, 0.3) is 0 Å². The van der Waals surface area contributed by atoms with Gasteiger partial charge in [0, 0.05) is 53.4 Å². The van der Waals surface area contributed by atoms with E-state index in [0.29, 0.717) is 6.54 Å². The van der Waals surface area contributed by atoms with Crippen molar-refractivity contribution in [3.8, 4) is 0 Å². The third-order valence-electron chi connectivity index (χ3n) is 5.21. The standard InChI is InChI=1S/C20H26ClN9/c1-22-20(30-11-9-29(10-12-30)17-6-4-3-5-16(17)21)24-8-7-23-18-15-13-27-28(2)19(15)26-14-25-18/h3-6,13-14H,7-12H2,1-2H3,(H,22,24)(H,23,25,26). The van der Waals surface area contributed by atoms with Crippen molar-refractivity contribution >= 4 is 40.1 Å². The lowest BCUT2D eigenvalue weighted by Crippen LogP contribution is -2.53. The minimum absolute atomic E-state index is 0.708. The molecule has 10 heteroatoms. The van der Waals surface area contributed by atoms with E-state index in [-0.39, 0.29) is 0 Å². The van der Waals surface area contributed by atoms with Gasteiger partial charge in [-0.3, -0.25) is 9.67 Å². The zero-order chi connectivity index (χ0) is 20.9.